The van der Waals surface area contributed by atoms with Crippen molar-refractivity contribution in [1.82, 2.24) is 15.5 Å². The Morgan fingerprint density at radius 3 is 2.78 bits per heavy atom. The van der Waals surface area contributed by atoms with Crippen LogP contribution in [0.3, 0.4) is 0 Å². The van der Waals surface area contributed by atoms with E-state index >= 15 is 0 Å². The van der Waals surface area contributed by atoms with Gasteiger partial charge in [-0.25, -0.2) is 0 Å². The Morgan fingerprint density at radius 2 is 2.17 bits per heavy atom. The van der Waals surface area contributed by atoms with Crippen molar-refractivity contribution in [3.8, 4) is 16.3 Å². The van der Waals surface area contributed by atoms with Crippen LogP contribution in [0, 0.1) is 6.92 Å². The average molecular weight is 263 g/mol. The molecular weight excluding hydrogens is 246 g/mol. The molecule has 1 unspecified atom stereocenters. The van der Waals surface area contributed by atoms with Crippen LogP contribution in [0.4, 0.5) is 0 Å². The van der Waals surface area contributed by atoms with Crippen LogP contribution in [-0.4, -0.2) is 22.4 Å². The molecule has 2 aromatic rings. The molecule has 0 aliphatic heterocycles. The molecule has 18 heavy (non-hydrogen) atoms. The van der Waals surface area contributed by atoms with Crippen LogP contribution in [-0.2, 0) is 0 Å². The molecule has 0 amide bonds. The summed E-state index contributed by atoms with van der Waals surface area (Å²) in [6.45, 7) is 3.98. The fourth-order valence-electron chi connectivity index (χ4n) is 1.74. The molecule has 0 fully saturated rings. The number of hydrogen-bond donors (Lipinski definition) is 2. The van der Waals surface area contributed by atoms with Crippen LogP contribution in [0.15, 0.2) is 18.2 Å². The van der Waals surface area contributed by atoms with Crippen molar-refractivity contribution in [2.75, 3.05) is 7.05 Å². The Bertz CT molecular complexity index is 535. The maximum Gasteiger partial charge on any atom is 0.147 e. The van der Waals surface area contributed by atoms with Crippen LogP contribution in [0.25, 0.3) is 10.6 Å². The molecule has 0 aliphatic rings. The summed E-state index contributed by atoms with van der Waals surface area (Å²) in [6, 6.07) is 5.83. The van der Waals surface area contributed by atoms with Crippen LogP contribution < -0.4 is 5.32 Å². The van der Waals surface area contributed by atoms with Crippen LogP contribution >= 0.6 is 11.3 Å². The molecule has 0 bridgehead atoms. The van der Waals surface area contributed by atoms with Gasteiger partial charge in [-0.3, -0.25) is 0 Å². The van der Waals surface area contributed by atoms with Crippen molar-refractivity contribution in [1.29, 1.82) is 0 Å². The lowest BCUT2D eigenvalue weighted by Gasteiger charge is -2.08. The molecule has 0 spiro atoms. The Hall–Kier alpha value is -1.46. The summed E-state index contributed by atoms with van der Waals surface area (Å²) in [5.41, 5.74) is 1.78. The summed E-state index contributed by atoms with van der Waals surface area (Å²) in [5.74, 6) is 0.296. The molecule has 0 saturated carbocycles. The molecule has 1 atom stereocenters. The summed E-state index contributed by atoms with van der Waals surface area (Å²) >= 11 is 1.56. The fourth-order valence-corrected chi connectivity index (χ4v) is 2.77. The van der Waals surface area contributed by atoms with Crippen molar-refractivity contribution in [2.45, 2.75) is 26.3 Å². The molecule has 2 N–H and O–H groups in total. The molecule has 1 aromatic heterocycles. The standard InChI is InChI=1S/C13H17N3OS/c1-4-10(14-3)13-16-15-12(18-13)9-6-5-8(2)11(17)7-9/h5-7,10,14,17H,4H2,1-3H3. The summed E-state index contributed by atoms with van der Waals surface area (Å²) in [4.78, 5) is 0. The lowest BCUT2D eigenvalue weighted by atomic mass is 10.1. The Morgan fingerprint density at radius 1 is 1.39 bits per heavy atom. The van der Waals surface area contributed by atoms with Gasteiger partial charge in [-0.05, 0) is 32.0 Å². The van der Waals surface area contributed by atoms with Gasteiger partial charge in [-0.1, -0.05) is 30.4 Å². The molecule has 5 heteroatoms. The zero-order valence-corrected chi connectivity index (χ0v) is 11.6. The van der Waals surface area contributed by atoms with Gasteiger partial charge in [0.25, 0.3) is 0 Å². The number of rotatable bonds is 4. The van der Waals surface area contributed by atoms with Crippen LogP contribution in [0.5, 0.6) is 5.75 Å². The van der Waals surface area contributed by atoms with Gasteiger partial charge in [0.15, 0.2) is 0 Å². The molecule has 1 heterocycles. The molecule has 0 aliphatic carbocycles. The third kappa shape index (κ3) is 2.52. The zero-order chi connectivity index (χ0) is 13.1. The summed E-state index contributed by atoms with van der Waals surface area (Å²) in [7, 11) is 1.92. The summed E-state index contributed by atoms with van der Waals surface area (Å²) in [5, 5.41) is 23.2. The van der Waals surface area contributed by atoms with E-state index in [4.69, 9.17) is 0 Å². The first-order valence-corrected chi connectivity index (χ1v) is 6.78. The van der Waals surface area contributed by atoms with Crippen molar-refractivity contribution in [2.24, 2.45) is 0 Å². The summed E-state index contributed by atoms with van der Waals surface area (Å²) < 4.78 is 0. The van der Waals surface area contributed by atoms with E-state index in [0.717, 1.165) is 27.6 Å². The molecular formula is C13H17N3OS. The Balaban J connectivity index is 2.31. The van der Waals surface area contributed by atoms with Crippen molar-refractivity contribution in [3.05, 3.63) is 28.8 Å². The maximum atomic E-state index is 9.71. The molecule has 0 saturated heterocycles. The lowest BCUT2D eigenvalue weighted by molar-refractivity contribution is 0.471. The molecule has 4 nitrogen and oxygen atoms in total. The van der Waals surface area contributed by atoms with Crippen molar-refractivity contribution in [3.63, 3.8) is 0 Å². The van der Waals surface area contributed by atoms with Gasteiger partial charge in [0, 0.05) is 5.56 Å². The number of aromatic nitrogens is 2. The average Bonchev–Trinajstić information content (AvgIpc) is 2.84. The largest absolute Gasteiger partial charge is 0.508 e. The minimum Gasteiger partial charge on any atom is -0.508 e. The smallest absolute Gasteiger partial charge is 0.147 e. The second kappa shape index (κ2) is 5.46. The van der Waals surface area contributed by atoms with Gasteiger partial charge in [0.05, 0.1) is 6.04 Å². The maximum absolute atomic E-state index is 9.71. The van der Waals surface area contributed by atoms with Gasteiger partial charge in [0.2, 0.25) is 0 Å². The normalized spacial score (nSPS) is 12.6. The van der Waals surface area contributed by atoms with E-state index in [-0.39, 0.29) is 6.04 Å². The highest BCUT2D eigenvalue weighted by molar-refractivity contribution is 7.14. The number of nitrogens with zero attached hydrogens (tertiary/aromatic N) is 2. The molecule has 0 radical (unpaired) electrons. The predicted octanol–water partition coefficient (Wildman–Crippen LogP) is 2.89. The van der Waals surface area contributed by atoms with Crippen LogP contribution in [0.1, 0.15) is 30.0 Å². The highest BCUT2D eigenvalue weighted by atomic mass is 32.1. The first-order chi connectivity index (χ1) is 8.65. The number of phenols is 1. The third-order valence-corrected chi connectivity index (χ3v) is 4.04. The van der Waals surface area contributed by atoms with Gasteiger partial charge < -0.3 is 10.4 Å². The number of nitrogens with one attached hydrogen (secondary N) is 1. The van der Waals surface area contributed by atoms with E-state index in [0.29, 0.717) is 5.75 Å². The zero-order valence-electron chi connectivity index (χ0n) is 10.8. The van der Waals surface area contributed by atoms with E-state index in [1.54, 1.807) is 17.4 Å². The van der Waals surface area contributed by atoms with Crippen LogP contribution in [0.2, 0.25) is 0 Å². The molecule has 96 valence electrons. The Labute approximate surface area is 111 Å². The minimum absolute atomic E-state index is 0.246. The third-order valence-electron chi connectivity index (χ3n) is 2.95. The first kappa shape index (κ1) is 13.0. The highest BCUT2D eigenvalue weighted by Gasteiger charge is 2.14. The topological polar surface area (TPSA) is 58.0 Å². The van der Waals surface area contributed by atoms with Crippen molar-refractivity contribution < 1.29 is 5.11 Å². The number of phenolic OH excluding ortho intramolecular Hbond substituents is 1. The number of aryl methyl sites for hydroxylation is 1. The predicted molar refractivity (Wildman–Crippen MR) is 73.8 cm³/mol. The number of benzene rings is 1. The highest BCUT2D eigenvalue weighted by Crippen LogP contribution is 2.30. The van der Waals surface area contributed by atoms with E-state index in [9.17, 15) is 5.11 Å². The van der Waals surface area contributed by atoms with E-state index in [1.165, 1.54) is 0 Å². The van der Waals surface area contributed by atoms with Crippen molar-refractivity contribution >= 4 is 11.3 Å². The molecule has 2 rings (SSSR count). The number of aromatic hydroxyl groups is 1. The number of hydrogen-bond acceptors (Lipinski definition) is 5. The van der Waals surface area contributed by atoms with Gasteiger partial charge in [-0.2, -0.15) is 0 Å². The van der Waals surface area contributed by atoms with E-state index in [1.807, 2.05) is 26.1 Å². The quantitative estimate of drug-likeness (QED) is 0.890. The monoisotopic (exact) mass is 263 g/mol. The van der Waals surface area contributed by atoms with E-state index in [2.05, 4.69) is 22.4 Å². The van der Waals surface area contributed by atoms with Gasteiger partial charge in [0.1, 0.15) is 15.8 Å². The lowest BCUT2D eigenvalue weighted by Crippen LogP contribution is -2.14. The molecule has 1 aromatic carbocycles. The van der Waals surface area contributed by atoms with Gasteiger partial charge >= 0.3 is 0 Å². The minimum atomic E-state index is 0.246. The second-order valence-electron chi connectivity index (χ2n) is 4.20. The Kier molecular flexibility index (Phi) is 3.93. The SMILES string of the molecule is CCC(NC)c1nnc(-c2ccc(C)c(O)c2)s1. The first-order valence-electron chi connectivity index (χ1n) is 5.96. The fraction of sp³-hybridized carbons (Fsp3) is 0.385. The summed E-state index contributed by atoms with van der Waals surface area (Å²) in [6.07, 6.45) is 0.976. The van der Waals surface area contributed by atoms with E-state index < -0.39 is 0 Å². The second-order valence-corrected chi connectivity index (χ2v) is 5.21. The van der Waals surface area contributed by atoms with Gasteiger partial charge in [-0.15, -0.1) is 10.2 Å².